The fourth-order valence-electron chi connectivity index (χ4n) is 3.96. The van der Waals surface area contributed by atoms with Crippen LogP contribution in [0.1, 0.15) is 42.1 Å². The first-order valence-corrected chi connectivity index (χ1v) is 9.53. The van der Waals surface area contributed by atoms with Gasteiger partial charge in [0.2, 0.25) is 0 Å². The second-order valence-electron chi connectivity index (χ2n) is 7.48. The molecule has 2 aliphatic heterocycles. The molecular weight excluding hydrogens is 395 g/mol. The molecule has 0 saturated carbocycles. The summed E-state index contributed by atoms with van der Waals surface area (Å²) in [4.78, 5) is 21.8. The van der Waals surface area contributed by atoms with Crippen molar-refractivity contribution in [3.8, 4) is 0 Å². The van der Waals surface area contributed by atoms with E-state index in [0.717, 1.165) is 61.1 Å². The number of nitrogens with two attached hydrogens (primary N) is 1. The highest BCUT2D eigenvalue weighted by Gasteiger charge is 2.25. The molecule has 0 radical (unpaired) electrons. The van der Waals surface area contributed by atoms with Gasteiger partial charge in [0.1, 0.15) is 5.82 Å². The Labute approximate surface area is 179 Å². The molecule has 2 aliphatic rings. The van der Waals surface area contributed by atoms with Crippen molar-refractivity contribution in [3.05, 3.63) is 47.7 Å². The lowest BCUT2D eigenvalue weighted by molar-refractivity contribution is 0.0985. The van der Waals surface area contributed by atoms with Gasteiger partial charge in [-0.25, -0.2) is 4.98 Å². The van der Waals surface area contributed by atoms with E-state index in [1.54, 1.807) is 6.20 Å². The number of benzene rings is 1. The number of aromatic nitrogens is 1. The standard InChI is InChI=1S/C21H26N4O.2ClH/c1-15-9-12-24(13-10-15)20-8-7-16(14-23-20)21(26)25-11-3-4-17-18(22)5-2-6-19(17)25;;/h2,5-8,14-15H,3-4,9-13,22H2,1H3;2*1H. The SMILES string of the molecule is CC1CCN(c2ccc(C(=O)N3CCCc4c(N)cccc43)cn2)CC1.Cl.Cl. The zero-order valence-electron chi connectivity index (χ0n) is 16.1. The highest BCUT2D eigenvalue weighted by Crippen LogP contribution is 2.32. The van der Waals surface area contributed by atoms with Crippen molar-refractivity contribution in [2.24, 2.45) is 5.92 Å². The quantitative estimate of drug-likeness (QED) is 0.731. The largest absolute Gasteiger partial charge is 0.398 e. The van der Waals surface area contributed by atoms with Crippen LogP contribution < -0.4 is 15.5 Å². The molecule has 1 saturated heterocycles. The number of halogens is 2. The van der Waals surface area contributed by atoms with Crippen LogP contribution in [0.3, 0.4) is 0 Å². The predicted octanol–water partition coefficient (Wildman–Crippen LogP) is 4.34. The van der Waals surface area contributed by atoms with Crippen molar-refractivity contribution in [3.63, 3.8) is 0 Å². The van der Waals surface area contributed by atoms with Crippen LogP contribution in [0.15, 0.2) is 36.5 Å². The fraction of sp³-hybridized carbons (Fsp3) is 0.429. The molecule has 0 aliphatic carbocycles. The van der Waals surface area contributed by atoms with Crippen LogP contribution in [0, 0.1) is 5.92 Å². The Morgan fingerprint density at radius 1 is 1.11 bits per heavy atom. The van der Waals surface area contributed by atoms with Crippen LogP contribution in [0.25, 0.3) is 0 Å². The van der Waals surface area contributed by atoms with Crippen LogP contribution in [-0.2, 0) is 6.42 Å². The number of hydrogen-bond donors (Lipinski definition) is 1. The first kappa shape index (κ1) is 22.3. The summed E-state index contributed by atoms with van der Waals surface area (Å²) in [6.07, 6.45) is 5.99. The van der Waals surface area contributed by atoms with Crippen molar-refractivity contribution in [2.45, 2.75) is 32.6 Å². The van der Waals surface area contributed by atoms with Crippen LogP contribution in [0.2, 0.25) is 0 Å². The number of amides is 1. The van der Waals surface area contributed by atoms with Gasteiger partial charge in [-0.3, -0.25) is 4.79 Å². The Hall–Kier alpha value is -1.98. The van der Waals surface area contributed by atoms with Crippen LogP contribution in [-0.4, -0.2) is 30.5 Å². The van der Waals surface area contributed by atoms with Crippen molar-refractivity contribution in [1.82, 2.24) is 4.98 Å². The number of pyridine rings is 1. The number of carbonyl (C=O) groups is 1. The minimum atomic E-state index is 0. The molecule has 0 atom stereocenters. The number of anilines is 3. The lowest BCUT2D eigenvalue weighted by Crippen LogP contribution is -2.36. The Balaban J connectivity index is 0.00000140. The van der Waals surface area contributed by atoms with E-state index in [0.29, 0.717) is 5.56 Å². The number of nitrogens with zero attached hydrogens (tertiary/aromatic N) is 3. The molecule has 5 nitrogen and oxygen atoms in total. The highest BCUT2D eigenvalue weighted by molar-refractivity contribution is 6.07. The van der Waals surface area contributed by atoms with Crippen molar-refractivity contribution in [2.75, 3.05) is 35.2 Å². The van der Waals surface area contributed by atoms with Gasteiger partial charge in [0, 0.05) is 37.2 Å². The number of fused-ring (bicyclic) bond motifs is 1. The summed E-state index contributed by atoms with van der Waals surface area (Å²) >= 11 is 0. The Morgan fingerprint density at radius 3 is 2.54 bits per heavy atom. The number of carbonyl (C=O) groups excluding carboxylic acids is 1. The molecule has 3 heterocycles. The second-order valence-corrected chi connectivity index (χ2v) is 7.48. The lowest BCUT2D eigenvalue weighted by atomic mass is 9.99. The maximum Gasteiger partial charge on any atom is 0.259 e. The first-order valence-electron chi connectivity index (χ1n) is 9.53. The maximum atomic E-state index is 13.0. The lowest BCUT2D eigenvalue weighted by Gasteiger charge is -2.32. The summed E-state index contributed by atoms with van der Waals surface area (Å²) < 4.78 is 0. The predicted molar refractivity (Wildman–Crippen MR) is 120 cm³/mol. The summed E-state index contributed by atoms with van der Waals surface area (Å²) in [6.45, 7) is 5.11. The first-order chi connectivity index (χ1) is 12.6. The average Bonchev–Trinajstić information content (AvgIpc) is 2.68. The number of piperidine rings is 1. The minimum absolute atomic E-state index is 0. The molecule has 1 fully saturated rings. The van der Waals surface area contributed by atoms with E-state index in [-0.39, 0.29) is 30.7 Å². The van der Waals surface area contributed by atoms with Gasteiger partial charge < -0.3 is 15.5 Å². The zero-order valence-corrected chi connectivity index (χ0v) is 17.8. The van der Waals surface area contributed by atoms with Crippen LogP contribution >= 0.6 is 24.8 Å². The maximum absolute atomic E-state index is 13.0. The topological polar surface area (TPSA) is 62.5 Å². The van der Waals surface area contributed by atoms with E-state index in [2.05, 4.69) is 16.8 Å². The van der Waals surface area contributed by atoms with Gasteiger partial charge in [-0.15, -0.1) is 24.8 Å². The van der Waals surface area contributed by atoms with Crippen LogP contribution in [0.4, 0.5) is 17.2 Å². The molecule has 4 rings (SSSR count). The summed E-state index contributed by atoms with van der Waals surface area (Å²) in [5.41, 5.74) is 9.53. The van der Waals surface area contributed by atoms with Crippen molar-refractivity contribution >= 4 is 47.9 Å². The normalized spacial score (nSPS) is 16.6. The van der Waals surface area contributed by atoms with E-state index in [9.17, 15) is 4.79 Å². The number of hydrogen-bond acceptors (Lipinski definition) is 4. The number of nitrogen functional groups attached to an aromatic ring is 1. The molecular formula is C21H28Cl2N4O. The molecule has 0 spiro atoms. The van der Waals surface area contributed by atoms with Gasteiger partial charge in [-0.1, -0.05) is 13.0 Å². The zero-order chi connectivity index (χ0) is 18.1. The average molecular weight is 423 g/mol. The van der Waals surface area contributed by atoms with E-state index in [1.807, 2.05) is 35.2 Å². The second kappa shape index (κ2) is 9.48. The molecule has 1 aromatic carbocycles. The summed E-state index contributed by atoms with van der Waals surface area (Å²) in [5.74, 6) is 1.76. The Bertz CT molecular complexity index is 805. The third-order valence-electron chi connectivity index (χ3n) is 5.63. The van der Waals surface area contributed by atoms with E-state index >= 15 is 0 Å². The summed E-state index contributed by atoms with van der Waals surface area (Å²) in [5, 5.41) is 0. The van der Waals surface area contributed by atoms with E-state index in [4.69, 9.17) is 5.73 Å². The Morgan fingerprint density at radius 2 is 1.86 bits per heavy atom. The van der Waals surface area contributed by atoms with E-state index in [1.165, 1.54) is 12.8 Å². The molecule has 1 amide bonds. The monoisotopic (exact) mass is 422 g/mol. The highest BCUT2D eigenvalue weighted by atomic mass is 35.5. The third-order valence-corrected chi connectivity index (χ3v) is 5.63. The molecule has 7 heteroatoms. The van der Waals surface area contributed by atoms with Gasteiger partial charge in [-0.2, -0.15) is 0 Å². The number of rotatable bonds is 2. The molecule has 0 bridgehead atoms. The van der Waals surface area contributed by atoms with Gasteiger partial charge in [0.25, 0.3) is 5.91 Å². The fourth-order valence-corrected chi connectivity index (χ4v) is 3.96. The summed E-state index contributed by atoms with van der Waals surface area (Å²) in [7, 11) is 0. The third kappa shape index (κ3) is 4.36. The molecule has 152 valence electrons. The van der Waals surface area contributed by atoms with E-state index < -0.39 is 0 Å². The van der Waals surface area contributed by atoms with Crippen LogP contribution in [0.5, 0.6) is 0 Å². The molecule has 2 N–H and O–H groups in total. The minimum Gasteiger partial charge on any atom is -0.398 e. The molecule has 1 aromatic heterocycles. The van der Waals surface area contributed by atoms with Crippen molar-refractivity contribution < 1.29 is 4.79 Å². The van der Waals surface area contributed by atoms with Gasteiger partial charge >= 0.3 is 0 Å². The van der Waals surface area contributed by atoms with Crippen molar-refractivity contribution in [1.29, 1.82) is 0 Å². The Kier molecular flexibility index (Phi) is 7.55. The van der Waals surface area contributed by atoms with Gasteiger partial charge in [-0.05, 0) is 61.4 Å². The van der Waals surface area contributed by atoms with Gasteiger partial charge in [0.05, 0.1) is 5.56 Å². The molecule has 0 unspecified atom stereocenters. The molecule has 2 aromatic rings. The summed E-state index contributed by atoms with van der Waals surface area (Å²) in [6, 6.07) is 9.69. The van der Waals surface area contributed by atoms with Gasteiger partial charge in [0.15, 0.2) is 0 Å². The molecule has 28 heavy (non-hydrogen) atoms. The smallest absolute Gasteiger partial charge is 0.259 e.